The van der Waals surface area contributed by atoms with E-state index in [1.165, 1.54) is 13.5 Å². The van der Waals surface area contributed by atoms with E-state index in [0.717, 1.165) is 51.9 Å². The normalized spacial score (nSPS) is 39.0. The van der Waals surface area contributed by atoms with Gasteiger partial charge in [-0.2, -0.15) is 0 Å². The van der Waals surface area contributed by atoms with Crippen LogP contribution in [-0.2, 0) is 19.0 Å². The summed E-state index contributed by atoms with van der Waals surface area (Å²) in [5.74, 6) is -0.0760. The zero-order chi connectivity index (χ0) is 14.0. The van der Waals surface area contributed by atoms with E-state index in [1.54, 1.807) is 0 Å². The first kappa shape index (κ1) is 14.3. The largest absolute Gasteiger partial charge is 0.468 e. The molecule has 3 aliphatic heterocycles. The van der Waals surface area contributed by atoms with Crippen LogP contribution in [-0.4, -0.2) is 62.0 Å². The third kappa shape index (κ3) is 2.71. The molecule has 0 aromatic rings. The van der Waals surface area contributed by atoms with Crippen molar-refractivity contribution < 1.29 is 19.0 Å². The van der Waals surface area contributed by atoms with Gasteiger partial charge in [0.25, 0.3) is 0 Å². The van der Waals surface area contributed by atoms with Crippen LogP contribution in [0.3, 0.4) is 0 Å². The Bertz CT molecular complexity index is 354. The van der Waals surface area contributed by atoms with Gasteiger partial charge in [0, 0.05) is 25.7 Å². The van der Waals surface area contributed by atoms with E-state index in [9.17, 15) is 4.79 Å². The van der Waals surface area contributed by atoms with Gasteiger partial charge >= 0.3 is 5.97 Å². The Morgan fingerprint density at radius 1 is 1.30 bits per heavy atom. The highest BCUT2D eigenvalue weighted by Gasteiger charge is 2.45. The molecule has 1 spiro atoms. The van der Waals surface area contributed by atoms with Crippen LogP contribution in [0.1, 0.15) is 38.5 Å². The predicted molar refractivity (Wildman–Crippen MR) is 73.5 cm³/mol. The molecule has 0 aliphatic carbocycles. The molecule has 0 aromatic carbocycles. The predicted octanol–water partition coefficient (Wildman–Crippen LogP) is 1.35. The SMILES string of the molecule is COC(=O)C1CCCCN1C1CCOC2(CCOC2)C1. The van der Waals surface area contributed by atoms with Crippen molar-refractivity contribution in [1.29, 1.82) is 0 Å². The van der Waals surface area contributed by atoms with Crippen LogP contribution in [0.4, 0.5) is 0 Å². The molecule has 0 saturated carbocycles. The van der Waals surface area contributed by atoms with E-state index in [-0.39, 0.29) is 17.6 Å². The molecule has 5 nitrogen and oxygen atoms in total. The van der Waals surface area contributed by atoms with Gasteiger partial charge < -0.3 is 14.2 Å². The number of methoxy groups -OCH3 is 1. The molecule has 114 valence electrons. The third-order valence-corrected chi connectivity index (χ3v) is 5.02. The van der Waals surface area contributed by atoms with Crippen LogP contribution >= 0.6 is 0 Å². The average molecular weight is 283 g/mol. The number of carbonyl (C=O) groups is 1. The minimum atomic E-state index is -0.0962. The molecule has 3 unspecified atom stereocenters. The number of likely N-dealkylation sites (tertiary alicyclic amines) is 1. The molecule has 0 N–H and O–H groups in total. The molecule has 0 amide bonds. The molecule has 0 radical (unpaired) electrons. The van der Waals surface area contributed by atoms with E-state index in [1.807, 2.05) is 0 Å². The molecule has 3 saturated heterocycles. The second-order valence-electron chi connectivity index (χ2n) is 6.25. The topological polar surface area (TPSA) is 48.0 Å². The zero-order valence-electron chi connectivity index (χ0n) is 12.3. The summed E-state index contributed by atoms with van der Waals surface area (Å²) in [5.41, 5.74) is -0.0962. The van der Waals surface area contributed by atoms with E-state index >= 15 is 0 Å². The van der Waals surface area contributed by atoms with E-state index < -0.39 is 0 Å². The fourth-order valence-electron chi connectivity index (χ4n) is 3.93. The van der Waals surface area contributed by atoms with Crippen molar-refractivity contribution in [1.82, 2.24) is 4.90 Å². The molecule has 3 aliphatic rings. The van der Waals surface area contributed by atoms with Crippen LogP contribution in [0.25, 0.3) is 0 Å². The zero-order valence-corrected chi connectivity index (χ0v) is 12.3. The van der Waals surface area contributed by atoms with Crippen molar-refractivity contribution >= 4 is 5.97 Å². The summed E-state index contributed by atoms with van der Waals surface area (Å²) in [4.78, 5) is 14.4. The number of esters is 1. The summed E-state index contributed by atoms with van der Waals surface area (Å²) >= 11 is 0. The molecule has 20 heavy (non-hydrogen) atoms. The number of rotatable bonds is 2. The van der Waals surface area contributed by atoms with Crippen LogP contribution in [0.2, 0.25) is 0 Å². The van der Waals surface area contributed by atoms with Gasteiger partial charge in [-0.05, 0) is 32.2 Å². The Hall–Kier alpha value is -0.650. The quantitative estimate of drug-likeness (QED) is 0.716. The van der Waals surface area contributed by atoms with Gasteiger partial charge in [-0.25, -0.2) is 0 Å². The molecular formula is C15H25NO4. The summed E-state index contributed by atoms with van der Waals surface area (Å²) < 4.78 is 16.5. The van der Waals surface area contributed by atoms with Crippen molar-refractivity contribution in [2.45, 2.75) is 56.2 Å². The van der Waals surface area contributed by atoms with Crippen molar-refractivity contribution in [3.8, 4) is 0 Å². The molecular weight excluding hydrogens is 258 g/mol. The number of carbonyl (C=O) groups excluding carboxylic acids is 1. The molecule has 3 atom stereocenters. The Morgan fingerprint density at radius 2 is 2.20 bits per heavy atom. The van der Waals surface area contributed by atoms with Gasteiger partial charge in [0.05, 0.1) is 19.3 Å². The van der Waals surface area contributed by atoms with E-state index in [4.69, 9.17) is 14.2 Å². The number of ether oxygens (including phenoxy) is 3. The first-order valence-electron chi connectivity index (χ1n) is 7.79. The molecule has 3 rings (SSSR count). The van der Waals surface area contributed by atoms with Gasteiger partial charge in [0.15, 0.2) is 0 Å². The van der Waals surface area contributed by atoms with E-state index in [0.29, 0.717) is 12.6 Å². The number of hydrogen-bond acceptors (Lipinski definition) is 5. The van der Waals surface area contributed by atoms with Gasteiger partial charge in [-0.1, -0.05) is 6.42 Å². The first-order valence-corrected chi connectivity index (χ1v) is 7.79. The minimum absolute atomic E-state index is 0.0591. The summed E-state index contributed by atoms with van der Waals surface area (Å²) in [5, 5.41) is 0. The second kappa shape index (κ2) is 6.00. The summed E-state index contributed by atoms with van der Waals surface area (Å²) in [6, 6.07) is 0.367. The number of piperidine rings is 1. The van der Waals surface area contributed by atoms with Crippen LogP contribution in [0.15, 0.2) is 0 Å². The minimum Gasteiger partial charge on any atom is -0.468 e. The Labute approximate surface area is 120 Å². The van der Waals surface area contributed by atoms with Gasteiger partial charge in [0.1, 0.15) is 6.04 Å². The first-order chi connectivity index (χ1) is 9.74. The van der Waals surface area contributed by atoms with Gasteiger partial charge in [-0.3, -0.25) is 9.69 Å². The maximum Gasteiger partial charge on any atom is 0.323 e. The van der Waals surface area contributed by atoms with Crippen molar-refractivity contribution in [2.75, 3.05) is 33.5 Å². The Kier molecular flexibility index (Phi) is 4.29. The molecule has 3 fully saturated rings. The molecule has 3 heterocycles. The highest BCUT2D eigenvalue weighted by Crippen LogP contribution is 2.36. The summed E-state index contributed by atoms with van der Waals surface area (Å²) in [6.07, 6.45) is 6.20. The van der Waals surface area contributed by atoms with Gasteiger partial charge in [-0.15, -0.1) is 0 Å². The Morgan fingerprint density at radius 3 is 2.95 bits per heavy atom. The maximum absolute atomic E-state index is 12.0. The van der Waals surface area contributed by atoms with E-state index in [2.05, 4.69) is 4.90 Å². The number of hydrogen-bond donors (Lipinski definition) is 0. The van der Waals surface area contributed by atoms with Crippen LogP contribution < -0.4 is 0 Å². The standard InChI is InChI=1S/C15H25NO4/c1-18-14(17)13-4-2-3-7-16(13)12-5-8-20-15(10-12)6-9-19-11-15/h12-13H,2-11H2,1H3. The second-order valence-corrected chi connectivity index (χ2v) is 6.25. The summed E-state index contributed by atoms with van der Waals surface area (Å²) in [7, 11) is 1.49. The third-order valence-electron chi connectivity index (χ3n) is 5.02. The lowest BCUT2D eigenvalue weighted by atomic mass is 9.86. The fourth-order valence-corrected chi connectivity index (χ4v) is 3.93. The van der Waals surface area contributed by atoms with Gasteiger partial charge in [0.2, 0.25) is 0 Å². The highest BCUT2D eigenvalue weighted by molar-refractivity contribution is 5.75. The van der Waals surface area contributed by atoms with Crippen LogP contribution in [0.5, 0.6) is 0 Å². The summed E-state index contributed by atoms with van der Waals surface area (Å²) in [6.45, 7) is 3.28. The molecule has 5 heteroatoms. The monoisotopic (exact) mass is 283 g/mol. The van der Waals surface area contributed by atoms with Crippen molar-refractivity contribution in [2.24, 2.45) is 0 Å². The van der Waals surface area contributed by atoms with Crippen molar-refractivity contribution in [3.05, 3.63) is 0 Å². The fraction of sp³-hybridized carbons (Fsp3) is 0.933. The molecule has 0 aromatic heterocycles. The highest BCUT2D eigenvalue weighted by atomic mass is 16.6. The molecule has 0 bridgehead atoms. The lowest BCUT2D eigenvalue weighted by Gasteiger charge is -2.45. The lowest BCUT2D eigenvalue weighted by Crippen LogP contribution is -2.55. The number of nitrogens with zero attached hydrogens (tertiary/aromatic N) is 1. The smallest absolute Gasteiger partial charge is 0.323 e. The average Bonchev–Trinajstić information content (AvgIpc) is 2.94. The lowest BCUT2D eigenvalue weighted by molar-refractivity contribution is -0.155. The maximum atomic E-state index is 12.0. The Balaban J connectivity index is 1.70. The van der Waals surface area contributed by atoms with Crippen molar-refractivity contribution in [3.63, 3.8) is 0 Å². The van der Waals surface area contributed by atoms with Crippen LogP contribution in [0, 0.1) is 0 Å².